The number of hydrogen-bond donors (Lipinski definition) is 1. The number of amides is 1. The molecule has 0 bridgehead atoms. The van der Waals surface area contributed by atoms with E-state index in [0.717, 1.165) is 36.8 Å². The molecule has 2 unspecified atom stereocenters. The number of aromatic nitrogens is 2. The Morgan fingerprint density at radius 3 is 2.52 bits per heavy atom. The summed E-state index contributed by atoms with van der Waals surface area (Å²) in [6.45, 7) is 0. The van der Waals surface area contributed by atoms with E-state index in [0.29, 0.717) is 0 Å². The van der Waals surface area contributed by atoms with Crippen molar-refractivity contribution in [1.29, 1.82) is 0 Å². The fourth-order valence-corrected chi connectivity index (χ4v) is 3.62. The maximum atomic E-state index is 12.4. The summed E-state index contributed by atoms with van der Waals surface area (Å²) in [5, 5.41) is 0. The van der Waals surface area contributed by atoms with Crippen molar-refractivity contribution in [1.82, 2.24) is 9.97 Å². The lowest BCUT2D eigenvalue weighted by Gasteiger charge is -2.42. The van der Waals surface area contributed by atoms with Crippen molar-refractivity contribution in [2.45, 2.75) is 37.0 Å². The van der Waals surface area contributed by atoms with Crippen LogP contribution >= 0.6 is 0 Å². The summed E-state index contributed by atoms with van der Waals surface area (Å²) in [4.78, 5) is 20.8. The van der Waals surface area contributed by atoms with E-state index in [1.165, 1.54) is 0 Å². The average molecular weight is 281 g/mol. The molecule has 1 saturated carbocycles. The third-order valence-corrected chi connectivity index (χ3v) is 4.61. The zero-order valence-electron chi connectivity index (χ0n) is 11.9. The van der Waals surface area contributed by atoms with Crippen molar-refractivity contribution in [3.8, 4) is 0 Å². The first kappa shape index (κ1) is 13.7. The van der Waals surface area contributed by atoms with E-state index in [1.54, 1.807) is 18.6 Å². The van der Waals surface area contributed by atoms with Crippen LogP contribution in [0.25, 0.3) is 0 Å². The Bertz CT molecular complexity index is 614. The molecular formula is C17H19N3O. The predicted octanol–water partition coefficient (Wildman–Crippen LogP) is 2.56. The highest BCUT2D eigenvalue weighted by atomic mass is 16.1. The zero-order chi connectivity index (χ0) is 14.7. The second kappa shape index (κ2) is 5.64. The molecular weight excluding hydrogens is 262 g/mol. The van der Waals surface area contributed by atoms with Crippen LogP contribution < -0.4 is 5.73 Å². The first-order valence-corrected chi connectivity index (χ1v) is 7.35. The van der Waals surface area contributed by atoms with Gasteiger partial charge < -0.3 is 5.73 Å². The fourth-order valence-electron chi connectivity index (χ4n) is 3.62. The molecule has 108 valence electrons. The van der Waals surface area contributed by atoms with Gasteiger partial charge >= 0.3 is 0 Å². The van der Waals surface area contributed by atoms with Crippen LogP contribution in [0.4, 0.5) is 0 Å². The molecule has 0 aliphatic heterocycles. The first-order chi connectivity index (χ1) is 10.2. The zero-order valence-corrected chi connectivity index (χ0v) is 11.9. The number of carbonyl (C=O) groups is 1. The summed E-state index contributed by atoms with van der Waals surface area (Å²) >= 11 is 0. The number of carbonyl (C=O) groups excluding carboxylic acids is 1. The van der Waals surface area contributed by atoms with Gasteiger partial charge in [0.05, 0.1) is 5.41 Å². The monoisotopic (exact) mass is 281 g/mol. The Morgan fingerprint density at radius 2 is 1.90 bits per heavy atom. The van der Waals surface area contributed by atoms with Gasteiger partial charge in [-0.15, -0.1) is 0 Å². The van der Waals surface area contributed by atoms with Gasteiger partial charge in [0.25, 0.3) is 0 Å². The minimum atomic E-state index is -0.671. The lowest BCUT2D eigenvalue weighted by atomic mass is 9.60. The van der Waals surface area contributed by atoms with Gasteiger partial charge in [-0.25, -0.2) is 0 Å². The molecule has 21 heavy (non-hydrogen) atoms. The number of nitrogens with two attached hydrogens (primary N) is 1. The van der Waals surface area contributed by atoms with Crippen molar-refractivity contribution in [2.75, 3.05) is 0 Å². The third kappa shape index (κ3) is 2.31. The van der Waals surface area contributed by atoms with Crippen molar-refractivity contribution in [3.63, 3.8) is 0 Å². The van der Waals surface area contributed by atoms with E-state index in [1.807, 2.05) is 30.5 Å². The quantitative estimate of drug-likeness (QED) is 0.940. The lowest BCUT2D eigenvalue weighted by molar-refractivity contribution is -0.125. The molecule has 4 heteroatoms. The van der Waals surface area contributed by atoms with E-state index in [4.69, 9.17) is 5.73 Å². The molecule has 0 saturated heterocycles. The molecule has 2 heterocycles. The smallest absolute Gasteiger partial charge is 0.228 e. The van der Waals surface area contributed by atoms with Gasteiger partial charge in [-0.3, -0.25) is 14.8 Å². The molecule has 0 aromatic carbocycles. The van der Waals surface area contributed by atoms with E-state index in [9.17, 15) is 4.79 Å². The van der Waals surface area contributed by atoms with Crippen molar-refractivity contribution >= 4 is 5.91 Å². The van der Waals surface area contributed by atoms with Crippen LogP contribution in [0.5, 0.6) is 0 Å². The first-order valence-electron chi connectivity index (χ1n) is 7.35. The summed E-state index contributed by atoms with van der Waals surface area (Å²) in [5.74, 6) is -0.189. The minimum absolute atomic E-state index is 0.0710. The lowest BCUT2D eigenvalue weighted by Crippen LogP contribution is -2.48. The van der Waals surface area contributed by atoms with E-state index in [-0.39, 0.29) is 11.8 Å². The summed E-state index contributed by atoms with van der Waals surface area (Å²) in [6.07, 6.45) is 10.9. The molecule has 4 nitrogen and oxygen atoms in total. The topological polar surface area (TPSA) is 68.9 Å². The molecule has 2 aromatic heterocycles. The molecule has 0 radical (unpaired) electrons. The maximum Gasteiger partial charge on any atom is 0.228 e. The van der Waals surface area contributed by atoms with Gasteiger partial charge in [0.15, 0.2) is 0 Å². The summed E-state index contributed by atoms with van der Waals surface area (Å²) in [6, 6.07) is 7.79. The Balaban J connectivity index is 2.14. The van der Waals surface area contributed by atoms with Gasteiger partial charge in [-0.1, -0.05) is 25.0 Å². The van der Waals surface area contributed by atoms with Gasteiger partial charge in [0.1, 0.15) is 0 Å². The van der Waals surface area contributed by atoms with Crippen LogP contribution in [0.15, 0.2) is 49.1 Å². The Morgan fingerprint density at radius 1 is 1.14 bits per heavy atom. The highest BCUT2D eigenvalue weighted by Crippen LogP contribution is 2.48. The van der Waals surface area contributed by atoms with E-state index >= 15 is 0 Å². The molecule has 2 aromatic rings. The van der Waals surface area contributed by atoms with Gasteiger partial charge in [0.2, 0.25) is 5.91 Å². The fraction of sp³-hybridized carbons (Fsp3) is 0.353. The number of primary amides is 1. The number of rotatable bonds is 3. The SMILES string of the molecule is NC(=O)C1(c2cccnc2)CCCCC1c1cccnc1. The van der Waals surface area contributed by atoms with Crippen molar-refractivity contribution < 1.29 is 4.79 Å². The van der Waals surface area contributed by atoms with Crippen LogP contribution in [0.2, 0.25) is 0 Å². The Labute approximate surface area is 124 Å². The highest BCUT2D eigenvalue weighted by Gasteiger charge is 2.48. The number of pyridine rings is 2. The second-order valence-corrected chi connectivity index (χ2v) is 5.66. The molecule has 0 spiro atoms. The molecule has 1 fully saturated rings. The standard InChI is InChI=1S/C17H19N3O/c18-16(21)17(14-6-4-10-20-12-14)8-2-1-7-15(17)13-5-3-9-19-11-13/h3-6,9-12,15H,1-2,7-8H2,(H2,18,21). The number of hydrogen-bond acceptors (Lipinski definition) is 3. The molecule has 1 aliphatic rings. The van der Waals surface area contributed by atoms with E-state index < -0.39 is 5.41 Å². The predicted molar refractivity (Wildman–Crippen MR) is 80.6 cm³/mol. The van der Waals surface area contributed by atoms with Gasteiger partial charge in [-0.2, -0.15) is 0 Å². The summed E-state index contributed by atoms with van der Waals surface area (Å²) < 4.78 is 0. The number of nitrogens with zero attached hydrogens (tertiary/aromatic N) is 2. The van der Waals surface area contributed by atoms with Crippen LogP contribution in [0, 0.1) is 0 Å². The largest absolute Gasteiger partial charge is 0.369 e. The van der Waals surface area contributed by atoms with E-state index in [2.05, 4.69) is 9.97 Å². The minimum Gasteiger partial charge on any atom is -0.369 e. The summed E-state index contributed by atoms with van der Waals surface area (Å²) in [5.41, 5.74) is 7.21. The second-order valence-electron chi connectivity index (χ2n) is 5.66. The molecule has 1 aliphatic carbocycles. The van der Waals surface area contributed by atoms with Gasteiger partial charge in [-0.05, 0) is 36.1 Å². The molecule has 1 amide bonds. The van der Waals surface area contributed by atoms with Crippen LogP contribution in [-0.4, -0.2) is 15.9 Å². The Kier molecular flexibility index (Phi) is 3.69. The van der Waals surface area contributed by atoms with Crippen molar-refractivity contribution in [3.05, 3.63) is 60.2 Å². The normalized spacial score (nSPS) is 25.4. The average Bonchev–Trinajstić information content (AvgIpc) is 2.56. The van der Waals surface area contributed by atoms with Gasteiger partial charge in [0, 0.05) is 30.7 Å². The highest BCUT2D eigenvalue weighted by molar-refractivity contribution is 5.88. The molecule has 2 atom stereocenters. The van der Waals surface area contributed by atoms with Crippen LogP contribution in [0.3, 0.4) is 0 Å². The third-order valence-electron chi connectivity index (χ3n) is 4.61. The maximum absolute atomic E-state index is 12.4. The molecule has 3 rings (SSSR count). The molecule has 2 N–H and O–H groups in total. The Hall–Kier alpha value is -2.23. The summed E-state index contributed by atoms with van der Waals surface area (Å²) in [7, 11) is 0. The van der Waals surface area contributed by atoms with Crippen LogP contribution in [-0.2, 0) is 10.2 Å². The van der Waals surface area contributed by atoms with Crippen LogP contribution in [0.1, 0.15) is 42.7 Å². The van der Waals surface area contributed by atoms with Crippen molar-refractivity contribution in [2.24, 2.45) is 5.73 Å².